The number of hydrogen-bond acceptors (Lipinski definition) is 8. The Morgan fingerprint density at radius 1 is 1.00 bits per heavy atom. The molecule has 0 saturated carbocycles. The van der Waals surface area contributed by atoms with Gasteiger partial charge in [-0.2, -0.15) is 9.78 Å². The van der Waals surface area contributed by atoms with Gasteiger partial charge in [-0.3, -0.25) is 4.79 Å². The van der Waals surface area contributed by atoms with Gasteiger partial charge in [-0.25, -0.2) is 10.1 Å². The van der Waals surface area contributed by atoms with E-state index in [1.807, 2.05) is 72.8 Å². The Morgan fingerprint density at radius 3 is 2.15 bits per heavy atom. The Labute approximate surface area is 189 Å². The fourth-order valence-electron chi connectivity index (χ4n) is 2.87. The SMILES string of the molecule is Cc1c(C(=O)NN=C(/C=C/c2ccccc2)/C=C/c2ccccc2)nnn1-c1nonc1N. The lowest BCUT2D eigenvalue weighted by molar-refractivity contribution is 0.0949. The molecule has 2 aromatic carbocycles. The lowest BCUT2D eigenvalue weighted by atomic mass is 10.1. The maximum absolute atomic E-state index is 12.7. The first-order valence-electron chi connectivity index (χ1n) is 9.97. The summed E-state index contributed by atoms with van der Waals surface area (Å²) in [6, 6.07) is 19.6. The molecule has 1 amide bonds. The molecule has 0 atom stereocenters. The van der Waals surface area contributed by atoms with Crippen molar-refractivity contribution >= 4 is 29.6 Å². The number of rotatable bonds is 7. The second-order valence-corrected chi connectivity index (χ2v) is 6.87. The van der Waals surface area contributed by atoms with E-state index in [2.05, 4.69) is 35.8 Å². The molecule has 0 fully saturated rings. The number of amides is 1. The third-order valence-electron chi connectivity index (χ3n) is 4.58. The van der Waals surface area contributed by atoms with Crippen molar-refractivity contribution in [3.8, 4) is 5.82 Å². The van der Waals surface area contributed by atoms with Crippen molar-refractivity contribution in [1.82, 2.24) is 30.7 Å². The third kappa shape index (κ3) is 5.25. The number of carbonyl (C=O) groups excluding carboxylic acids is 1. The monoisotopic (exact) mass is 440 g/mol. The first-order chi connectivity index (χ1) is 16.1. The van der Waals surface area contributed by atoms with Crippen LogP contribution in [0.25, 0.3) is 18.0 Å². The first-order valence-corrected chi connectivity index (χ1v) is 9.97. The molecule has 0 bridgehead atoms. The Balaban J connectivity index is 1.56. The summed E-state index contributed by atoms with van der Waals surface area (Å²) in [7, 11) is 0. The van der Waals surface area contributed by atoms with Gasteiger partial charge in [0, 0.05) is 0 Å². The first kappa shape index (κ1) is 21.4. The van der Waals surface area contributed by atoms with Crippen LogP contribution in [0.5, 0.6) is 0 Å². The highest BCUT2D eigenvalue weighted by Gasteiger charge is 2.20. The molecule has 33 heavy (non-hydrogen) atoms. The van der Waals surface area contributed by atoms with E-state index in [9.17, 15) is 4.79 Å². The molecule has 10 heteroatoms. The number of anilines is 1. The van der Waals surface area contributed by atoms with Crippen molar-refractivity contribution in [3.63, 3.8) is 0 Å². The molecule has 0 radical (unpaired) electrons. The van der Waals surface area contributed by atoms with Crippen LogP contribution in [0.3, 0.4) is 0 Å². The van der Waals surface area contributed by atoms with Crippen LogP contribution in [-0.4, -0.2) is 36.9 Å². The Bertz CT molecular complexity index is 1270. The highest BCUT2D eigenvalue weighted by Crippen LogP contribution is 2.14. The van der Waals surface area contributed by atoms with Crippen LogP contribution >= 0.6 is 0 Å². The molecule has 3 N–H and O–H groups in total. The van der Waals surface area contributed by atoms with Gasteiger partial charge >= 0.3 is 0 Å². The number of nitrogens with two attached hydrogens (primary N) is 1. The minimum Gasteiger partial charge on any atom is -0.378 e. The molecule has 164 valence electrons. The van der Waals surface area contributed by atoms with Gasteiger partial charge < -0.3 is 5.73 Å². The summed E-state index contributed by atoms with van der Waals surface area (Å²) >= 11 is 0. The highest BCUT2D eigenvalue weighted by atomic mass is 16.6. The average molecular weight is 440 g/mol. The molecule has 10 nitrogen and oxygen atoms in total. The zero-order valence-corrected chi connectivity index (χ0v) is 17.7. The van der Waals surface area contributed by atoms with E-state index in [-0.39, 0.29) is 17.3 Å². The van der Waals surface area contributed by atoms with Crippen LogP contribution < -0.4 is 11.2 Å². The van der Waals surface area contributed by atoms with Crippen LogP contribution in [0.4, 0.5) is 5.82 Å². The number of hydrogen-bond donors (Lipinski definition) is 2. The second-order valence-electron chi connectivity index (χ2n) is 6.87. The number of nitrogens with one attached hydrogen (secondary N) is 1. The molecular formula is C23H20N8O2. The summed E-state index contributed by atoms with van der Waals surface area (Å²) in [6.45, 7) is 1.65. The maximum atomic E-state index is 12.7. The highest BCUT2D eigenvalue weighted by molar-refractivity contribution is 6.09. The predicted octanol–water partition coefficient (Wildman–Crippen LogP) is 3.05. The molecule has 0 saturated heterocycles. The van der Waals surface area contributed by atoms with Crippen LogP contribution in [0.2, 0.25) is 0 Å². The lowest BCUT2D eigenvalue weighted by Crippen LogP contribution is -2.20. The fraction of sp³-hybridized carbons (Fsp3) is 0.0435. The van der Waals surface area contributed by atoms with Crippen molar-refractivity contribution in [1.29, 1.82) is 0 Å². The van der Waals surface area contributed by atoms with E-state index in [0.29, 0.717) is 11.4 Å². The molecule has 0 spiro atoms. The Hall–Kier alpha value is -4.86. The van der Waals surface area contributed by atoms with Gasteiger partial charge in [0.05, 0.1) is 11.4 Å². The summed E-state index contributed by atoms with van der Waals surface area (Å²) in [5.74, 6) is -0.348. The molecule has 0 aliphatic heterocycles. The van der Waals surface area contributed by atoms with Crippen LogP contribution in [0.15, 0.2) is 82.5 Å². The van der Waals surface area contributed by atoms with Gasteiger partial charge in [0.1, 0.15) is 0 Å². The summed E-state index contributed by atoms with van der Waals surface area (Å²) in [4.78, 5) is 12.7. The van der Waals surface area contributed by atoms with E-state index in [0.717, 1.165) is 11.1 Å². The summed E-state index contributed by atoms with van der Waals surface area (Å²) in [6.07, 6.45) is 7.42. The smallest absolute Gasteiger partial charge is 0.293 e. The number of hydrazone groups is 1. The van der Waals surface area contributed by atoms with E-state index in [1.54, 1.807) is 19.1 Å². The van der Waals surface area contributed by atoms with Crippen molar-refractivity contribution in [2.24, 2.45) is 5.10 Å². The van der Waals surface area contributed by atoms with Gasteiger partial charge in [0.25, 0.3) is 5.91 Å². The van der Waals surface area contributed by atoms with Crippen molar-refractivity contribution < 1.29 is 9.42 Å². The van der Waals surface area contributed by atoms with E-state index in [1.165, 1.54) is 4.68 Å². The number of carbonyl (C=O) groups is 1. The van der Waals surface area contributed by atoms with E-state index < -0.39 is 5.91 Å². The summed E-state index contributed by atoms with van der Waals surface area (Å²) < 4.78 is 5.85. The quantitative estimate of drug-likeness (QED) is 0.333. The number of nitrogen functional groups attached to an aromatic ring is 1. The van der Waals surface area contributed by atoms with Crippen LogP contribution in [0, 0.1) is 6.92 Å². The normalized spacial score (nSPS) is 11.2. The maximum Gasteiger partial charge on any atom is 0.293 e. The Kier molecular flexibility index (Phi) is 6.45. The molecule has 0 aliphatic rings. The zero-order valence-electron chi connectivity index (χ0n) is 17.7. The van der Waals surface area contributed by atoms with Crippen LogP contribution in [0.1, 0.15) is 27.3 Å². The van der Waals surface area contributed by atoms with Gasteiger partial charge in [-0.05, 0) is 40.5 Å². The largest absolute Gasteiger partial charge is 0.378 e. The third-order valence-corrected chi connectivity index (χ3v) is 4.58. The molecule has 0 aliphatic carbocycles. The number of benzene rings is 2. The van der Waals surface area contributed by atoms with Gasteiger partial charge in [-0.15, -0.1) is 5.10 Å². The second kappa shape index (κ2) is 9.96. The van der Waals surface area contributed by atoms with E-state index >= 15 is 0 Å². The number of aromatic nitrogens is 5. The lowest BCUT2D eigenvalue weighted by Gasteiger charge is -2.01. The molecule has 2 aromatic heterocycles. The van der Waals surface area contributed by atoms with Crippen molar-refractivity contribution in [2.45, 2.75) is 6.92 Å². The molecule has 4 rings (SSSR count). The zero-order chi connectivity index (χ0) is 23.0. The minimum absolute atomic E-state index is 0.0346. The summed E-state index contributed by atoms with van der Waals surface area (Å²) in [5, 5.41) is 19.2. The van der Waals surface area contributed by atoms with Gasteiger partial charge in [0.2, 0.25) is 11.6 Å². The van der Waals surface area contributed by atoms with Crippen LogP contribution in [-0.2, 0) is 0 Å². The molecule has 2 heterocycles. The predicted molar refractivity (Wildman–Crippen MR) is 124 cm³/mol. The van der Waals surface area contributed by atoms with Gasteiger partial charge in [-0.1, -0.05) is 78.0 Å². The summed E-state index contributed by atoms with van der Waals surface area (Å²) in [5.41, 5.74) is 11.2. The van der Waals surface area contributed by atoms with Gasteiger partial charge in [0.15, 0.2) is 5.69 Å². The topological polar surface area (TPSA) is 137 Å². The fourth-order valence-corrected chi connectivity index (χ4v) is 2.87. The van der Waals surface area contributed by atoms with Crippen molar-refractivity contribution in [3.05, 3.63) is 95.3 Å². The van der Waals surface area contributed by atoms with Crippen molar-refractivity contribution in [2.75, 3.05) is 5.73 Å². The van der Waals surface area contributed by atoms with E-state index in [4.69, 9.17) is 5.73 Å². The standard InChI is InChI=1S/C23H20N8O2/c1-16-20(26-30-31(16)22-21(24)28-33-29-22)23(32)27-25-19(14-12-17-8-4-2-5-9-17)15-13-18-10-6-3-7-11-18/h2-15H,1H3,(H2,24,28)(H,27,32)/b14-12+,15-13+. The average Bonchev–Trinajstić information content (AvgIpc) is 3.44. The number of allylic oxidation sites excluding steroid dienone is 2. The Morgan fingerprint density at radius 2 is 1.61 bits per heavy atom. The minimum atomic E-state index is -0.535. The number of nitrogens with zero attached hydrogens (tertiary/aromatic N) is 6. The molecule has 4 aromatic rings. The molecule has 0 unspecified atom stereocenters. The molecular weight excluding hydrogens is 420 g/mol.